The highest BCUT2D eigenvalue weighted by Crippen LogP contribution is 2.68. The Hall–Kier alpha value is -0.0100. The first-order chi connectivity index (χ1) is 13.7. The van der Waals surface area contributed by atoms with Crippen LogP contribution in [0.5, 0.6) is 0 Å². The molecule has 4 rings (SSSR count). The normalized spacial score (nSPS) is 45.7. The summed E-state index contributed by atoms with van der Waals surface area (Å²) in [6, 6.07) is 0. The van der Waals surface area contributed by atoms with Gasteiger partial charge in [-0.1, -0.05) is 65.5 Å². The molecule has 2 heteroatoms. The van der Waals surface area contributed by atoms with E-state index in [-0.39, 0.29) is 11.5 Å². The number of rotatable bonds is 5. The number of hydrogen-bond donors (Lipinski definition) is 1. The molecular formula is C27H45ClO. The molecule has 0 aromatic carbocycles. The van der Waals surface area contributed by atoms with Crippen LogP contribution in [-0.4, -0.2) is 11.2 Å². The number of fused-ring (bicyclic) bond motifs is 5. The van der Waals surface area contributed by atoms with Crippen molar-refractivity contribution >= 4 is 11.6 Å². The summed E-state index contributed by atoms with van der Waals surface area (Å²) in [4.78, 5) is 0. The van der Waals surface area contributed by atoms with Gasteiger partial charge < -0.3 is 5.11 Å². The van der Waals surface area contributed by atoms with Crippen molar-refractivity contribution in [3.63, 3.8) is 0 Å². The van der Waals surface area contributed by atoms with E-state index in [1.165, 1.54) is 50.5 Å². The van der Waals surface area contributed by atoms with Crippen molar-refractivity contribution in [3.05, 3.63) is 10.6 Å². The Morgan fingerprint density at radius 1 is 0.966 bits per heavy atom. The highest BCUT2D eigenvalue weighted by Gasteiger charge is 2.60. The number of allylic oxidation sites excluding steroid dienone is 1. The Bertz CT molecular complexity index is 638. The van der Waals surface area contributed by atoms with Crippen LogP contribution in [0.3, 0.4) is 0 Å². The van der Waals surface area contributed by atoms with Gasteiger partial charge in [0, 0.05) is 5.03 Å². The molecule has 0 saturated heterocycles. The van der Waals surface area contributed by atoms with E-state index in [9.17, 15) is 5.11 Å². The monoisotopic (exact) mass is 420 g/mol. The number of aliphatic hydroxyl groups excluding tert-OH is 1. The minimum atomic E-state index is -0.167. The molecule has 3 fully saturated rings. The lowest BCUT2D eigenvalue weighted by molar-refractivity contribution is -0.0582. The maximum atomic E-state index is 10.3. The fourth-order valence-corrected chi connectivity index (χ4v) is 9.21. The minimum Gasteiger partial charge on any atom is -0.393 e. The van der Waals surface area contributed by atoms with Crippen molar-refractivity contribution in [2.24, 2.45) is 46.3 Å². The zero-order valence-electron chi connectivity index (χ0n) is 19.6. The van der Waals surface area contributed by atoms with Crippen LogP contribution in [-0.2, 0) is 0 Å². The fraction of sp³-hybridized carbons (Fsp3) is 0.926. The molecule has 0 aromatic heterocycles. The van der Waals surface area contributed by atoms with E-state index in [1.54, 1.807) is 0 Å². The summed E-state index contributed by atoms with van der Waals surface area (Å²) < 4.78 is 0. The van der Waals surface area contributed by atoms with E-state index in [2.05, 4.69) is 34.6 Å². The number of aliphatic hydroxyl groups is 1. The Balaban J connectivity index is 1.53. The average Bonchev–Trinajstić information content (AvgIpc) is 3.00. The van der Waals surface area contributed by atoms with E-state index in [1.807, 2.05) is 0 Å². The fourth-order valence-electron chi connectivity index (χ4n) is 8.74. The van der Waals surface area contributed by atoms with Crippen LogP contribution in [0, 0.1) is 46.3 Å². The third-order valence-electron chi connectivity index (χ3n) is 10.3. The van der Waals surface area contributed by atoms with E-state index in [4.69, 9.17) is 11.6 Å². The highest BCUT2D eigenvalue weighted by atomic mass is 35.5. The van der Waals surface area contributed by atoms with Gasteiger partial charge in [-0.3, -0.25) is 0 Å². The molecule has 0 bridgehead atoms. The van der Waals surface area contributed by atoms with Crippen molar-refractivity contribution in [1.29, 1.82) is 0 Å². The lowest BCUT2D eigenvalue weighted by atomic mass is 9.47. The minimum absolute atomic E-state index is 0.167. The third-order valence-corrected chi connectivity index (χ3v) is 10.7. The summed E-state index contributed by atoms with van der Waals surface area (Å²) in [7, 11) is 0. The molecule has 1 nitrogen and oxygen atoms in total. The van der Waals surface area contributed by atoms with Gasteiger partial charge in [0.1, 0.15) is 0 Å². The lowest BCUT2D eigenvalue weighted by Crippen LogP contribution is -2.51. The van der Waals surface area contributed by atoms with Gasteiger partial charge in [0.2, 0.25) is 0 Å². The predicted octanol–water partition coefficient (Wildman–Crippen LogP) is 7.96. The molecule has 0 heterocycles. The standard InChI is InChI=1S/C27H45ClO/c1-17(2)7-6-8-18(3)21-9-10-22-20-16-25(28)24-15-19(29)11-13-27(24,5)23(20)12-14-26(21,22)4/h17-23,29H,6-16H2,1-5H3/t18-,19+,20+,21-,22+,23+,26-,27-/m1/s1. The summed E-state index contributed by atoms with van der Waals surface area (Å²) in [6.07, 6.45) is 13.7. The van der Waals surface area contributed by atoms with E-state index < -0.39 is 0 Å². The van der Waals surface area contributed by atoms with Crippen LogP contribution in [0.25, 0.3) is 0 Å². The number of hydrogen-bond acceptors (Lipinski definition) is 1. The summed E-state index contributed by atoms with van der Waals surface area (Å²) in [5.74, 6) is 5.04. The van der Waals surface area contributed by atoms with Gasteiger partial charge in [0.15, 0.2) is 0 Å². The molecule has 29 heavy (non-hydrogen) atoms. The van der Waals surface area contributed by atoms with E-state index >= 15 is 0 Å². The third kappa shape index (κ3) is 3.75. The molecule has 4 aliphatic rings. The van der Waals surface area contributed by atoms with Gasteiger partial charge in [0.25, 0.3) is 0 Å². The van der Waals surface area contributed by atoms with Crippen molar-refractivity contribution in [2.75, 3.05) is 0 Å². The second-order valence-electron chi connectivity index (χ2n) is 12.3. The van der Waals surface area contributed by atoms with Gasteiger partial charge in [-0.2, -0.15) is 0 Å². The molecule has 4 aliphatic carbocycles. The predicted molar refractivity (Wildman–Crippen MR) is 124 cm³/mol. The van der Waals surface area contributed by atoms with Gasteiger partial charge in [0.05, 0.1) is 6.10 Å². The van der Waals surface area contributed by atoms with Crippen LogP contribution in [0.2, 0.25) is 0 Å². The van der Waals surface area contributed by atoms with Gasteiger partial charge in [-0.05, 0) is 103 Å². The first-order valence-corrected chi connectivity index (χ1v) is 13.1. The zero-order chi connectivity index (χ0) is 21.0. The van der Waals surface area contributed by atoms with Crippen LogP contribution in [0.4, 0.5) is 0 Å². The second-order valence-corrected chi connectivity index (χ2v) is 12.8. The molecule has 8 atom stereocenters. The van der Waals surface area contributed by atoms with Crippen molar-refractivity contribution < 1.29 is 5.11 Å². The topological polar surface area (TPSA) is 20.2 Å². The quantitative estimate of drug-likeness (QED) is 0.478. The summed E-state index contributed by atoms with van der Waals surface area (Å²) in [5, 5.41) is 11.4. The Kier molecular flexibility index (Phi) is 6.24. The molecule has 0 amide bonds. The zero-order valence-corrected chi connectivity index (χ0v) is 20.4. The first kappa shape index (κ1) is 22.2. The molecule has 0 spiro atoms. The lowest BCUT2D eigenvalue weighted by Gasteiger charge is -2.59. The SMILES string of the molecule is CC(C)CCC[C@@H](C)[C@H]1CC[C@H]2[C@@H]3CC(Cl)=C4C[C@@H](O)CC[C@]4(C)[C@H]3CC[C@]12C. The van der Waals surface area contributed by atoms with Gasteiger partial charge in [-0.25, -0.2) is 0 Å². The maximum Gasteiger partial charge on any atom is 0.0578 e. The molecule has 0 unspecified atom stereocenters. The largest absolute Gasteiger partial charge is 0.393 e. The van der Waals surface area contributed by atoms with Gasteiger partial charge >= 0.3 is 0 Å². The van der Waals surface area contributed by atoms with E-state index in [0.717, 1.165) is 66.2 Å². The Labute approximate surface area is 185 Å². The van der Waals surface area contributed by atoms with Crippen LogP contribution in [0.15, 0.2) is 10.6 Å². The van der Waals surface area contributed by atoms with Crippen LogP contribution < -0.4 is 0 Å². The van der Waals surface area contributed by atoms with Crippen molar-refractivity contribution in [3.8, 4) is 0 Å². The molecule has 0 aliphatic heterocycles. The maximum absolute atomic E-state index is 10.3. The smallest absolute Gasteiger partial charge is 0.0578 e. The summed E-state index contributed by atoms with van der Waals surface area (Å²) in [5.41, 5.74) is 2.21. The number of halogens is 1. The molecule has 166 valence electrons. The average molecular weight is 421 g/mol. The summed E-state index contributed by atoms with van der Waals surface area (Å²) in [6.45, 7) is 12.4. The van der Waals surface area contributed by atoms with E-state index in [0.29, 0.717) is 5.41 Å². The molecule has 1 N–H and O–H groups in total. The molecule has 0 aromatic rings. The van der Waals surface area contributed by atoms with Crippen molar-refractivity contribution in [2.45, 2.75) is 111 Å². The van der Waals surface area contributed by atoms with Crippen LogP contribution in [0.1, 0.15) is 105 Å². The Morgan fingerprint density at radius 2 is 1.72 bits per heavy atom. The summed E-state index contributed by atoms with van der Waals surface area (Å²) >= 11 is 6.97. The Morgan fingerprint density at radius 3 is 2.45 bits per heavy atom. The molecular weight excluding hydrogens is 376 g/mol. The molecule has 0 radical (unpaired) electrons. The second kappa shape index (κ2) is 8.16. The van der Waals surface area contributed by atoms with Crippen molar-refractivity contribution in [1.82, 2.24) is 0 Å². The highest BCUT2D eigenvalue weighted by molar-refractivity contribution is 6.30. The molecule has 3 saturated carbocycles. The van der Waals surface area contributed by atoms with Crippen LogP contribution >= 0.6 is 11.6 Å². The van der Waals surface area contributed by atoms with Gasteiger partial charge in [-0.15, -0.1) is 0 Å². The first-order valence-electron chi connectivity index (χ1n) is 12.7.